The minimum atomic E-state index is -2.13. The molecule has 1 aromatic rings. The Kier molecular flexibility index (Phi) is 4.97. The van der Waals surface area contributed by atoms with Crippen LogP contribution in [0, 0.1) is 6.92 Å². The van der Waals surface area contributed by atoms with Gasteiger partial charge >= 0.3 is 0 Å². The minimum absolute atomic E-state index is 0.278. The van der Waals surface area contributed by atoms with Crippen molar-refractivity contribution in [1.29, 1.82) is 0 Å². The van der Waals surface area contributed by atoms with Crippen LogP contribution >= 0.6 is 0 Å². The quantitative estimate of drug-likeness (QED) is 0.652. The van der Waals surface area contributed by atoms with Crippen LogP contribution in [0.3, 0.4) is 0 Å². The Balaban J connectivity index is 3.49. The van der Waals surface area contributed by atoms with Crippen molar-refractivity contribution in [1.82, 2.24) is 0 Å². The number of halogens is 2. The Morgan fingerprint density at radius 2 is 1.35 bits per heavy atom. The van der Waals surface area contributed by atoms with Crippen LogP contribution in [0.5, 0.6) is 0 Å². The maximum Gasteiger partial charge on any atom is 0.284 e. The lowest BCUT2D eigenvalue weighted by molar-refractivity contribution is 0.415. The van der Waals surface area contributed by atoms with Gasteiger partial charge in [-0.2, -0.15) is 8.78 Å². The summed E-state index contributed by atoms with van der Waals surface area (Å²) in [6.07, 6.45) is -1.52. The molecule has 1 aromatic carbocycles. The molecule has 0 heterocycles. The van der Waals surface area contributed by atoms with Crippen molar-refractivity contribution < 1.29 is 8.78 Å². The van der Waals surface area contributed by atoms with Gasteiger partial charge in [-0.25, -0.2) is 0 Å². The number of hydrogen-bond donors (Lipinski definition) is 0. The van der Waals surface area contributed by atoms with Gasteiger partial charge in [0.05, 0.1) is 5.32 Å². The van der Waals surface area contributed by atoms with Crippen molar-refractivity contribution in [3.05, 3.63) is 41.2 Å². The van der Waals surface area contributed by atoms with E-state index in [-0.39, 0.29) is 5.32 Å². The third kappa shape index (κ3) is 4.02. The van der Waals surface area contributed by atoms with Crippen molar-refractivity contribution >= 4 is 22.0 Å². The fraction of sp³-hybridized carbons (Fsp3) is 0.467. The molecule has 1 nitrogen and oxygen atoms in total. The van der Waals surface area contributed by atoms with E-state index >= 15 is 0 Å². The minimum Gasteiger partial charge on any atom is -0.372 e. The summed E-state index contributed by atoms with van der Waals surface area (Å²) in [6, 6.07) is 7.88. The zero-order chi connectivity index (χ0) is 15.7. The molecule has 0 aliphatic rings. The molecule has 20 heavy (non-hydrogen) atoms. The summed E-state index contributed by atoms with van der Waals surface area (Å²) in [5.41, 5.74) is 2.03. The Labute approximate surface area is 123 Å². The first-order valence-corrected chi connectivity index (χ1v) is 13.8. The number of aryl methyl sites for hydroxylation is 1. The molecule has 0 saturated heterocycles. The van der Waals surface area contributed by atoms with Crippen molar-refractivity contribution in [2.24, 2.45) is 0 Å². The normalized spacial score (nSPS) is 12.2. The zero-order valence-electron chi connectivity index (χ0n) is 13.5. The summed E-state index contributed by atoms with van der Waals surface area (Å²) in [7, 11) is -4.08. The smallest absolute Gasteiger partial charge is 0.284 e. The molecule has 0 fully saturated rings. The third-order valence-electron chi connectivity index (χ3n) is 3.08. The molecular weight excluding hydrogens is 288 g/mol. The van der Waals surface area contributed by atoms with Crippen LogP contribution in [0.15, 0.2) is 35.7 Å². The maximum absolute atomic E-state index is 13.6. The van der Waals surface area contributed by atoms with Crippen molar-refractivity contribution in [3.63, 3.8) is 0 Å². The highest BCUT2D eigenvalue weighted by atomic mass is 28.3. The number of anilines is 1. The molecule has 1 rings (SSSR count). The third-order valence-corrected chi connectivity index (χ3v) is 6.96. The van der Waals surface area contributed by atoms with Gasteiger partial charge in [-0.15, -0.1) is 0 Å². The van der Waals surface area contributed by atoms with E-state index in [1.807, 2.05) is 55.4 Å². The number of benzene rings is 1. The van der Waals surface area contributed by atoms with Gasteiger partial charge in [0.2, 0.25) is 0 Å². The second-order valence-corrected chi connectivity index (χ2v) is 17.0. The molecule has 0 spiro atoms. The zero-order valence-corrected chi connectivity index (χ0v) is 15.5. The van der Waals surface area contributed by atoms with Crippen LogP contribution in [-0.2, 0) is 0 Å². The van der Waals surface area contributed by atoms with Crippen molar-refractivity contribution in [2.45, 2.75) is 46.2 Å². The lowest BCUT2D eigenvalue weighted by atomic mass is 10.2. The molecule has 0 N–H and O–H groups in total. The van der Waals surface area contributed by atoms with Gasteiger partial charge < -0.3 is 4.57 Å². The highest BCUT2D eigenvalue weighted by molar-refractivity contribution is 6.89. The van der Waals surface area contributed by atoms with E-state index in [9.17, 15) is 8.78 Å². The van der Waals surface area contributed by atoms with Crippen LogP contribution in [0.4, 0.5) is 14.5 Å². The molecule has 0 amide bonds. The summed E-state index contributed by atoms with van der Waals surface area (Å²) in [6.45, 7) is 14.3. The van der Waals surface area contributed by atoms with E-state index in [0.29, 0.717) is 0 Å². The van der Waals surface area contributed by atoms with Gasteiger partial charge in [-0.1, -0.05) is 57.0 Å². The first kappa shape index (κ1) is 17.1. The SMILES string of the molecule is Cc1ccc(N(C(=C(F)F)[Si](C)(C)C)[Si](C)(C)C)cc1. The Bertz CT molecular complexity index is 492. The van der Waals surface area contributed by atoms with Gasteiger partial charge in [-0.3, -0.25) is 0 Å². The van der Waals surface area contributed by atoms with Crippen LogP contribution in [0.2, 0.25) is 39.3 Å². The molecule has 0 aromatic heterocycles. The van der Waals surface area contributed by atoms with E-state index in [1.165, 1.54) is 0 Å². The number of rotatable bonds is 4. The highest BCUT2D eigenvalue weighted by Gasteiger charge is 2.37. The van der Waals surface area contributed by atoms with E-state index in [4.69, 9.17) is 0 Å². The highest BCUT2D eigenvalue weighted by Crippen LogP contribution is 2.34. The average Bonchev–Trinajstić information content (AvgIpc) is 2.23. The summed E-state index contributed by atoms with van der Waals surface area (Å²) in [5.74, 6) is 0. The first-order chi connectivity index (χ1) is 8.94. The summed E-state index contributed by atoms with van der Waals surface area (Å²) in [4.78, 5) is 0. The summed E-state index contributed by atoms with van der Waals surface area (Å²) in [5, 5.41) is 0.278. The van der Waals surface area contributed by atoms with Crippen LogP contribution < -0.4 is 4.57 Å². The second-order valence-electron chi connectivity index (χ2n) is 7.20. The van der Waals surface area contributed by atoms with E-state index in [1.54, 1.807) is 0 Å². The number of hydrogen-bond acceptors (Lipinski definition) is 1. The van der Waals surface area contributed by atoms with Crippen LogP contribution in [-0.4, -0.2) is 16.3 Å². The van der Waals surface area contributed by atoms with Gasteiger partial charge in [0.15, 0.2) is 8.24 Å². The molecule has 0 aliphatic heterocycles. The lowest BCUT2D eigenvalue weighted by Gasteiger charge is -2.42. The lowest BCUT2D eigenvalue weighted by Crippen LogP contribution is -2.51. The molecule has 0 unspecified atom stereocenters. The van der Waals surface area contributed by atoms with Crippen molar-refractivity contribution in [3.8, 4) is 0 Å². The van der Waals surface area contributed by atoms with Gasteiger partial charge in [0.1, 0.15) is 8.07 Å². The average molecular weight is 314 g/mol. The summed E-state index contributed by atoms with van der Waals surface area (Å²) < 4.78 is 29.2. The topological polar surface area (TPSA) is 3.24 Å². The fourth-order valence-electron chi connectivity index (χ4n) is 2.25. The van der Waals surface area contributed by atoms with E-state index < -0.39 is 22.4 Å². The van der Waals surface area contributed by atoms with Gasteiger partial charge in [-0.05, 0) is 19.1 Å². The molecule has 0 saturated carbocycles. The molecule has 0 radical (unpaired) electrons. The maximum atomic E-state index is 13.6. The summed E-state index contributed by atoms with van der Waals surface area (Å²) >= 11 is 0. The largest absolute Gasteiger partial charge is 0.372 e. The van der Waals surface area contributed by atoms with E-state index in [2.05, 4.69) is 19.6 Å². The molecule has 0 atom stereocenters. The monoisotopic (exact) mass is 313 g/mol. The Morgan fingerprint density at radius 1 is 0.900 bits per heavy atom. The predicted molar refractivity (Wildman–Crippen MR) is 89.6 cm³/mol. The molecule has 0 bridgehead atoms. The van der Waals surface area contributed by atoms with Crippen LogP contribution in [0.25, 0.3) is 0 Å². The Hall–Kier alpha value is -0.946. The second kappa shape index (κ2) is 5.81. The van der Waals surface area contributed by atoms with Crippen molar-refractivity contribution in [2.75, 3.05) is 4.57 Å². The predicted octanol–water partition coefficient (Wildman–Crippen LogP) is 5.62. The molecule has 5 heteroatoms. The van der Waals surface area contributed by atoms with E-state index in [0.717, 1.165) is 11.3 Å². The molecule has 0 aliphatic carbocycles. The first-order valence-electron chi connectivity index (χ1n) is 6.87. The number of nitrogens with zero attached hydrogens (tertiary/aromatic N) is 1. The Morgan fingerprint density at radius 3 is 1.65 bits per heavy atom. The molecular formula is C15H25F2NSi2. The fourth-order valence-corrected chi connectivity index (χ4v) is 7.31. The van der Waals surface area contributed by atoms with Gasteiger partial charge in [0.25, 0.3) is 6.08 Å². The van der Waals surface area contributed by atoms with Crippen LogP contribution in [0.1, 0.15) is 5.56 Å². The molecule has 112 valence electrons. The standard InChI is InChI=1S/C15H25F2NSi2/c1-12-8-10-13(11-9-12)18(20(5,6)7)15(14(16)17)19(2,3)4/h8-11H,1-7H3. The van der Waals surface area contributed by atoms with Gasteiger partial charge in [0, 0.05) is 5.69 Å².